The number of aromatic nitrogens is 1. The Bertz CT molecular complexity index is 1020. The molecule has 0 bridgehead atoms. The summed E-state index contributed by atoms with van der Waals surface area (Å²) in [6, 6.07) is 8.48. The molecule has 212 valence electrons. The number of alkyl halides is 6. The number of thiophene rings is 1. The monoisotopic (exact) mass is 572 g/mol. The van der Waals surface area contributed by atoms with Crippen LogP contribution in [-0.4, -0.2) is 75.8 Å². The molecule has 1 unspecified atom stereocenters. The third-order valence-corrected chi connectivity index (χ3v) is 6.35. The van der Waals surface area contributed by atoms with Gasteiger partial charge in [0.05, 0.1) is 18.3 Å². The first-order valence-corrected chi connectivity index (χ1v) is 11.9. The van der Waals surface area contributed by atoms with Gasteiger partial charge in [0.2, 0.25) is 0 Å². The van der Waals surface area contributed by atoms with Gasteiger partial charge in [0.1, 0.15) is 0 Å². The largest absolute Gasteiger partial charge is 0.490 e. The van der Waals surface area contributed by atoms with E-state index in [1.54, 1.807) is 0 Å². The Labute approximate surface area is 217 Å². The molecule has 2 saturated heterocycles. The summed E-state index contributed by atoms with van der Waals surface area (Å²) in [6.45, 7) is 6.75. The lowest BCUT2D eigenvalue weighted by atomic mass is 9.84. The van der Waals surface area contributed by atoms with Crippen LogP contribution in [0, 0.1) is 6.92 Å². The van der Waals surface area contributed by atoms with Crippen LogP contribution in [0.4, 0.5) is 26.3 Å². The first kappa shape index (κ1) is 31.5. The standard InChI is InChI=1S/C19H24N2O2S.2C2HF3O2/c1-15-2-3-18(24-15)11-21-13-19(14-21)10-17(6-9-23-19)22-12-16-4-7-20-8-5-16;2*3-2(4,5)1(6)7/h2-5,7-8,17H,6,9-14H2,1H3;2*(H,6,7). The molecular formula is C23H26F6N2O6S. The predicted octanol–water partition coefficient (Wildman–Crippen LogP) is 4.67. The van der Waals surface area contributed by atoms with Crippen LogP contribution >= 0.6 is 11.3 Å². The van der Waals surface area contributed by atoms with Crippen LogP contribution in [0.1, 0.15) is 28.2 Å². The zero-order chi connectivity index (χ0) is 28.6. The van der Waals surface area contributed by atoms with Crippen LogP contribution in [0.5, 0.6) is 0 Å². The minimum Gasteiger partial charge on any atom is -0.475 e. The van der Waals surface area contributed by atoms with Gasteiger partial charge < -0.3 is 19.7 Å². The average molecular weight is 573 g/mol. The van der Waals surface area contributed by atoms with Gasteiger partial charge in [-0.25, -0.2) is 9.59 Å². The number of aryl methyl sites for hydroxylation is 1. The summed E-state index contributed by atoms with van der Waals surface area (Å²) in [6.07, 6.45) is -4.21. The van der Waals surface area contributed by atoms with E-state index < -0.39 is 24.3 Å². The third kappa shape index (κ3) is 10.6. The maximum absolute atomic E-state index is 10.6. The highest BCUT2D eigenvalue weighted by Gasteiger charge is 2.47. The Morgan fingerprint density at radius 1 is 1.08 bits per heavy atom. The van der Waals surface area contributed by atoms with Gasteiger partial charge in [0.15, 0.2) is 0 Å². The summed E-state index contributed by atoms with van der Waals surface area (Å²) in [4.78, 5) is 27.2. The van der Waals surface area contributed by atoms with E-state index in [-0.39, 0.29) is 5.60 Å². The molecule has 0 amide bonds. The number of hydrogen-bond donors (Lipinski definition) is 2. The van der Waals surface area contributed by atoms with Gasteiger partial charge in [-0.15, -0.1) is 11.3 Å². The highest BCUT2D eigenvalue weighted by molar-refractivity contribution is 7.11. The zero-order valence-electron chi connectivity index (χ0n) is 20.1. The van der Waals surface area contributed by atoms with Crippen LogP contribution in [0.2, 0.25) is 0 Å². The number of pyridine rings is 1. The number of halogens is 6. The van der Waals surface area contributed by atoms with Crippen LogP contribution in [0.25, 0.3) is 0 Å². The van der Waals surface area contributed by atoms with Crippen LogP contribution in [0.3, 0.4) is 0 Å². The van der Waals surface area contributed by atoms with Crippen molar-refractivity contribution in [1.29, 1.82) is 0 Å². The Hall–Kier alpha value is -2.75. The molecule has 0 aromatic carbocycles. The molecule has 4 rings (SSSR count). The molecule has 2 aliphatic heterocycles. The average Bonchev–Trinajstić information content (AvgIpc) is 3.22. The molecule has 0 aliphatic carbocycles. The molecule has 2 aromatic heterocycles. The van der Waals surface area contributed by atoms with Gasteiger partial charge in [-0.05, 0) is 43.2 Å². The lowest BCUT2D eigenvalue weighted by molar-refractivity contribution is -0.200. The number of likely N-dealkylation sites (tertiary alicyclic amines) is 1. The zero-order valence-corrected chi connectivity index (χ0v) is 20.9. The van der Waals surface area contributed by atoms with E-state index in [1.165, 1.54) is 15.3 Å². The maximum atomic E-state index is 10.6. The van der Waals surface area contributed by atoms with E-state index in [0.29, 0.717) is 12.7 Å². The predicted molar refractivity (Wildman–Crippen MR) is 122 cm³/mol. The molecule has 0 radical (unpaired) electrons. The minimum atomic E-state index is -5.08. The Morgan fingerprint density at radius 3 is 2.11 bits per heavy atom. The van der Waals surface area contributed by atoms with Gasteiger partial charge in [0, 0.05) is 54.8 Å². The Kier molecular flexibility index (Phi) is 11.1. The molecule has 2 fully saturated rings. The Morgan fingerprint density at radius 2 is 1.63 bits per heavy atom. The summed E-state index contributed by atoms with van der Waals surface area (Å²) < 4.78 is 75.7. The topological polar surface area (TPSA) is 109 Å². The fourth-order valence-corrected chi connectivity index (χ4v) is 4.64. The lowest BCUT2D eigenvalue weighted by Gasteiger charge is -2.53. The molecule has 8 nitrogen and oxygen atoms in total. The second-order valence-electron chi connectivity index (χ2n) is 8.58. The van der Waals surface area contributed by atoms with Crippen molar-refractivity contribution in [2.24, 2.45) is 0 Å². The molecule has 4 heterocycles. The molecule has 0 saturated carbocycles. The number of carbonyl (C=O) groups is 2. The molecule has 2 N–H and O–H groups in total. The summed E-state index contributed by atoms with van der Waals surface area (Å²) >= 11 is 1.89. The summed E-state index contributed by atoms with van der Waals surface area (Å²) in [5, 5.41) is 14.2. The van der Waals surface area contributed by atoms with Gasteiger partial charge >= 0.3 is 24.3 Å². The lowest BCUT2D eigenvalue weighted by Crippen LogP contribution is -2.65. The van der Waals surface area contributed by atoms with E-state index in [9.17, 15) is 26.3 Å². The number of hydrogen-bond acceptors (Lipinski definition) is 7. The van der Waals surface area contributed by atoms with Crippen molar-refractivity contribution in [3.8, 4) is 0 Å². The Balaban J connectivity index is 0.000000301. The molecule has 15 heteroatoms. The van der Waals surface area contributed by atoms with Gasteiger partial charge in [0.25, 0.3) is 0 Å². The fourth-order valence-electron chi connectivity index (χ4n) is 3.71. The van der Waals surface area contributed by atoms with Crippen molar-refractivity contribution in [2.45, 2.75) is 57.0 Å². The van der Waals surface area contributed by atoms with Gasteiger partial charge in [-0.1, -0.05) is 0 Å². The molecule has 2 aromatic rings. The van der Waals surface area contributed by atoms with Crippen molar-refractivity contribution in [2.75, 3.05) is 19.7 Å². The normalized spacial score (nSPS) is 18.9. The number of nitrogens with zero attached hydrogens (tertiary/aromatic N) is 2. The molecule has 1 spiro atoms. The van der Waals surface area contributed by atoms with Crippen molar-refractivity contribution >= 4 is 23.3 Å². The third-order valence-electron chi connectivity index (χ3n) is 5.37. The van der Waals surface area contributed by atoms with E-state index in [4.69, 9.17) is 29.3 Å². The summed E-state index contributed by atoms with van der Waals surface area (Å²) in [5.74, 6) is -5.51. The van der Waals surface area contributed by atoms with Crippen molar-refractivity contribution in [1.82, 2.24) is 9.88 Å². The highest BCUT2D eigenvalue weighted by atomic mass is 32.1. The number of ether oxygens (including phenoxy) is 2. The second-order valence-corrected chi connectivity index (χ2v) is 9.95. The van der Waals surface area contributed by atoms with Crippen molar-refractivity contribution in [3.63, 3.8) is 0 Å². The van der Waals surface area contributed by atoms with E-state index >= 15 is 0 Å². The second kappa shape index (κ2) is 13.4. The van der Waals surface area contributed by atoms with Crippen LogP contribution < -0.4 is 0 Å². The first-order valence-electron chi connectivity index (χ1n) is 11.1. The number of aliphatic carboxylic acids is 2. The smallest absolute Gasteiger partial charge is 0.475 e. The molecular weight excluding hydrogens is 546 g/mol. The van der Waals surface area contributed by atoms with Gasteiger partial charge in [-0.2, -0.15) is 26.3 Å². The molecule has 1 atom stereocenters. The van der Waals surface area contributed by atoms with Crippen molar-refractivity contribution in [3.05, 3.63) is 52.0 Å². The van der Waals surface area contributed by atoms with Crippen molar-refractivity contribution < 1.29 is 55.6 Å². The summed E-state index contributed by atoms with van der Waals surface area (Å²) in [7, 11) is 0. The maximum Gasteiger partial charge on any atom is 0.490 e. The van der Waals surface area contributed by atoms with E-state index in [0.717, 1.165) is 39.1 Å². The number of carboxylic acid groups (broad SMARTS) is 2. The minimum absolute atomic E-state index is 0.0213. The number of rotatable bonds is 5. The SMILES string of the molecule is Cc1ccc(CN2CC3(CC(OCc4ccncc4)CCO3)C2)s1.O=C(O)C(F)(F)F.O=C(O)C(F)(F)F. The van der Waals surface area contributed by atoms with Crippen LogP contribution in [0.15, 0.2) is 36.7 Å². The van der Waals surface area contributed by atoms with E-state index in [1.807, 2.05) is 35.9 Å². The number of carboxylic acids is 2. The van der Waals surface area contributed by atoms with Gasteiger partial charge in [-0.3, -0.25) is 9.88 Å². The molecule has 38 heavy (non-hydrogen) atoms. The first-order chi connectivity index (χ1) is 17.6. The van der Waals surface area contributed by atoms with E-state index in [2.05, 4.69) is 28.9 Å². The molecule has 2 aliphatic rings. The summed E-state index contributed by atoms with van der Waals surface area (Å²) in [5.41, 5.74) is 1.21. The fraction of sp³-hybridized carbons (Fsp3) is 0.522. The highest BCUT2D eigenvalue weighted by Crippen LogP contribution is 2.36. The van der Waals surface area contributed by atoms with Crippen LogP contribution in [-0.2, 0) is 32.2 Å². The quantitative estimate of drug-likeness (QED) is 0.498.